The molecule has 0 spiro atoms. The molecule has 0 bridgehead atoms. The van der Waals surface area contributed by atoms with Crippen molar-refractivity contribution in [2.24, 2.45) is 7.05 Å². The second kappa shape index (κ2) is 12.1. The van der Waals surface area contributed by atoms with Crippen LogP contribution in [-0.2, 0) is 20.2 Å². The van der Waals surface area contributed by atoms with Gasteiger partial charge in [-0.05, 0) is 56.5 Å². The summed E-state index contributed by atoms with van der Waals surface area (Å²) < 4.78 is 14.1. The molecule has 0 radical (unpaired) electrons. The second-order valence-corrected chi connectivity index (χ2v) is 8.41. The zero-order valence-electron chi connectivity index (χ0n) is 17.1. The highest BCUT2D eigenvalue weighted by Gasteiger charge is 2.12. The van der Waals surface area contributed by atoms with Crippen LogP contribution in [-0.4, -0.2) is 39.6 Å². The second-order valence-electron chi connectivity index (χ2n) is 6.49. The molecule has 162 valence electrons. The predicted molar refractivity (Wildman–Crippen MR) is 125 cm³/mol. The lowest BCUT2D eigenvalue weighted by Crippen LogP contribution is -2.17. The van der Waals surface area contributed by atoms with E-state index in [0.29, 0.717) is 18.1 Å². The molecule has 0 fully saturated rings. The highest BCUT2D eigenvalue weighted by atomic mass is 79.9. The van der Waals surface area contributed by atoms with Crippen molar-refractivity contribution in [3.8, 4) is 11.5 Å². The summed E-state index contributed by atoms with van der Waals surface area (Å²) in [5.74, 6) is 2.30. The number of rotatable bonds is 10. The number of aromatic nitrogens is 4. The average molecular weight is 515 g/mol. The first-order valence-electron chi connectivity index (χ1n) is 9.17. The van der Waals surface area contributed by atoms with Crippen LogP contribution in [0.15, 0.2) is 46.0 Å². The number of nitrogens with one attached hydrogen (secondary N) is 1. The Morgan fingerprint density at radius 1 is 1.17 bits per heavy atom. The number of aryl methyl sites for hydroxylation is 2. The molecule has 0 amide bonds. The van der Waals surface area contributed by atoms with Gasteiger partial charge in [-0.1, -0.05) is 41.6 Å². The number of hydrogen-bond acceptors (Lipinski definition) is 7. The summed E-state index contributed by atoms with van der Waals surface area (Å²) >= 11 is 5.24. The number of benzene rings is 2. The quantitative estimate of drug-likeness (QED) is 0.321. The molecule has 0 saturated carbocycles. The SMILES string of the molecule is COc1cc(CNCCSc2nnnn2C)cc(Br)c1OCc1ccc(C)cc1.Cl. The number of ether oxygens (including phenoxy) is 2. The molecule has 30 heavy (non-hydrogen) atoms. The van der Waals surface area contributed by atoms with Gasteiger partial charge in [-0.25, -0.2) is 4.68 Å². The van der Waals surface area contributed by atoms with Crippen LogP contribution in [0.3, 0.4) is 0 Å². The fourth-order valence-electron chi connectivity index (χ4n) is 2.65. The maximum Gasteiger partial charge on any atom is 0.209 e. The van der Waals surface area contributed by atoms with Gasteiger partial charge < -0.3 is 14.8 Å². The molecule has 2 aromatic carbocycles. The van der Waals surface area contributed by atoms with Crippen molar-refractivity contribution in [3.05, 3.63) is 57.6 Å². The summed E-state index contributed by atoms with van der Waals surface area (Å²) in [5, 5.41) is 15.7. The molecule has 1 heterocycles. The Balaban J connectivity index is 0.00000320. The summed E-state index contributed by atoms with van der Waals surface area (Å²) in [6.07, 6.45) is 0. The molecular weight excluding hydrogens is 490 g/mol. The van der Waals surface area contributed by atoms with Gasteiger partial charge in [0.2, 0.25) is 5.16 Å². The van der Waals surface area contributed by atoms with Crippen LogP contribution in [0, 0.1) is 6.92 Å². The molecule has 0 unspecified atom stereocenters. The molecule has 3 rings (SSSR count). The van der Waals surface area contributed by atoms with E-state index in [-0.39, 0.29) is 12.4 Å². The van der Waals surface area contributed by atoms with E-state index in [4.69, 9.17) is 9.47 Å². The zero-order chi connectivity index (χ0) is 20.6. The third-order valence-corrected chi connectivity index (χ3v) is 5.81. The van der Waals surface area contributed by atoms with Crippen LogP contribution in [0.1, 0.15) is 16.7 Å². The third kappa shape index (κ3) is 6.87. The van der Waals surface area contributed by atoms with Gasteiger partial charge >= 0.3 is 0 Å². The summed E-state index contributed by atoms with van der Waals surface area (Å²) in [6.45, 7) is 4.12. The van der Waals surface area contributed by atoms with Gasteiger partial charge in [0.25, 0.3) is 0 Å². The van der Waals surface area contributed by atoms with Crippen molar-refractivity contribution in [1.29, 1.82) is 0 Å². The Morgan fingerprint density at radius 2 is 1.93 bits per heavy atom. The van der Waals surface area contributed by atoms with Gasteiger partial charge in [-0.15, -0.1) is 17.5 Å². The van der Waals surface area contributed by atoms with Crippen molar-refractivity contribution in [2.75, 3.05) is 19.4 Å². The predicted octanol–water partition coefficient (Wildman–Crippen LogP) is 4.17. The van der Waals surface area contributed by atoms with Crippen molar-refractivity contribution in [2.45, 2.75) is 25.2 Å². The van der Waals surface area contributed by atoms with E-state index >= 15 is 0 Å². The van der Waals surface area contributed by atoms with E-state index in [1.165, 1.54) is 5.56 Å². The third-order valence-electron chi connectivity index (χ3n) is 4.21. The smallest absolute Gasteiger partial charge is 0.209 e. The molecule has 7 nitrogen and oxygen atoms in total. The van der Waals surface area contributed by atoms with Crippen LogP contribution >= 0.6 is 40.1 Å². The largest absolute Gasteiger partial charge is 0.493 e. The minimum Gasteiger partial charge on any atom is -0.493 e. The first kappa shape index (κ1) is 24.5. The summed E-state index contributed by atoms with van der Waals surface area (Å²) in [5.41, 5.74) is 3.46. The lowest BCUT2D eigenvalue weighted by atomic mass is 10.1. The monoisotopic (exact) mass is 513 g/mol. The number of nitrogens with zero attached hydrogens (tertiary/aromatic N) is 4. The molecule has 0 atom stereocenters. The molecule has 0 aliphatic rings. The normalized spacial score (nSPS) is 10.5. The Bertz CT molecular complexity index is 939. The Kier molecular flexibility index (Phi) is 9.90. The first-order chi connectivity index (χ1) is 14.1. The standard InChI is InChI=1S/C20H24BrN5O2S.ClH/c1-14-4-6-15(7-5-14)13-28-19-17(21)10-16(11-18(19)27-3)12-22-8-9-29-20-23-24-25-26(20)2;/h4-7,10-11,22H,8-9,12-13H2,1-3H3;1H. The Hall–Kier alpha value is -1.81. The van der Waals surface area contributed by atoms with E-state index in [0.717, 1.165) is 39.6 Å². The van der Waals surface area contributed by atoms with Crippen molar-refractivity contribution in [3.63, 3.8) is 0 Å². The number of thioether (sulfide) groups is 1. The molecule has 3 aromatic rings. The van der Waals surface area contributed by atoms with Gasteiger partial charge in [-0.3, -0.25) is 0 Å². The lowest BCUT2D eigenvalue weighted by molar-refractivity contribution is 0.282. The van der Waals surface area contributed by atoms with Gasteiger partial charge in [0, 0.05) is 25.9 Å². The van der Waals surface area contributed by atoms with Crippen molar-refractivity contribution < 1.29 is 9.47 Å². The van der Waals surface area contributed by atoms with Gasteiger partial charge in [-0.2, -0.15) is 0 Å². The molecule has 10 heteroatoms. The Morgan fingerprint density at radius 3 is 2.60 bits per heavy atom. The highest BCUT2D eigenvalue weighted by molar-refractivity contribution is 9.10. The van der Waals surface area contributed by atoms with Crippen LogP contribution < -0.4 is 14.8 Å². The van der Waals surface area contributed by atoms with E-state index in [1.54, 1.807) is 23.6 Å². The maximum absolute atomic E-state index is 6.02. The minimum absolute atomic E-state index is 0. The first-order valence-corrected chi connectivity index (χ1v) is 11.0. The van der Waals surface area contributed by atoms with Crippen LogP contribution in [0.4, 0.5) is 0 Å². The fourth-order valence-corrected chi connectivity index (χ4v) is 4.00. The number of methoxy groups -OCH3 is 1. The van der Waals surface area contributed by atoms with Gasteiger partial charge in [0.1, 0.15) is 6.61 Å². The van der Waals surface area contributed by atoms with E-state index in [9.17, 15) is 0 Å². The minimum atomic E-state index is 0. The van der Waals surface area contributed by atoms with Crippen molar-refractivity contribution in [1.82, 2.24) is 25.5 Å². The molecular formula is C20H25BrClN5O2S. The molecule has 0 saturated heterocycles. The number of tetrazole rings is 1. The lowest BCUT2D eigenvalue weighted by Gasteiger charge is -2.15. The van der Waals surface area contributed by atoms with E-state index in [2.05, 4.69) is 74.0 Å². The molecule has 0 aliphatic carbocycles. The summed E-state index contributed by atoms with van der Waals surface area (Å²) in [4.78, 5) is 0. The Labute approximate surface area is 195 Å². The van der Waals surface area contributed by atoms with Gasteiger partial charge in [0.05, 0.1) is 11.6 Å². The van der Waals surface area contributed by atoms with Gasteiger partial charge in [0.15, 0.2) is 11.5 Å². The van der Waals surface area contributed by atoms with E-state index in [1.807, 2.05) is 13.1 Å². The zero-order valence-corrected chi connectivity index (χ0v) is 20.3. The maximum atomic E-state index is 6.02. The molecule has 0 aliphatic heterocycles. The fraction of sp³-hybridized carbons (Fsp3) is 0.350. The van der Waals surface area contributed by atoms with Crippen LogP contribution in [0.5, 0.6) is 11.5 Å². The van der Waals surface area contributed by atoms with Crippen LogP contribution in [0.2, 0.25) is 0 Å². The summed E-state index contributed by atoms with van der Waals surface area (Å²) in [7, 11) is 3.49. The molecule has 1 N–H and O–H groups in total. The topological polar surface area (TPSA) is 74.1 Å². The highest BCUT2D eigenvalue weighted by Crippen LogP contribution is 2.37. The average Bonchev–Trinajstić information content (AvgIpc) is 3.12. The van der Waals surface area contributed by atoms with Crippen molar-refractivity contribution >= 4 is 40.1 Å². The van der Waals surface area contributed by atoms with E-state index < -0.39 is 0 Å². The van der Waals surface area contributed by atoms with Crippen LogP contribution in [0.25, 0.3) is 0 Å². The number of halogens is 2. The summed E-state index contributed by atoms with van der Waals surface area (Å²) in [6, 6.07) is 12.4. The molecule has 1 aromatic heterocycles. The number of hydrogen-bond donors (Lipinski definition) is 1.